The van der Waals surface area contributed by atoms with Gasteiger partial charge in [0.1, 0.15) is 31.1 Å². The van der Waals surface area contributed by atoms with Crippen molar-refractivity contribution in [1.82, 2.24) is 4.90 Å². The van der Waals surface area contributed by atoms with E-state index in [1.54, 1.807) is 17.0 Å². The molecule has 25 heavy (non-hydrogen) atoms. The van der Waals surface area contributed by atoms with E-state index in [0.29, 0.717) is 11.5 Å². The summed E-state index contributed by atoms with van der Waals surface area (Å²) >= 11 is 0. The van der Waals surface area contributed by atoms with Crippen molar-refractivity contribution in [2.75, 3.05) is 19.6 Å². The van der Waals surface area contributed by atoms with Crippen LogP contribution in [0, 0.1) is 13.8 Å². The van der Waals surface area contributed by atoms with Crippen molar-refractivity contribution < 1.29 is 23.1 Å². The second-order valence-corrected chi connectivity index (χ2v) is 7.81. The lowest BCUT2D eigenvalue weighted by atomic mass is 10.2. The Balaban J connectivity index is 1.87. The maximum Gasteiger partial charge on any atom is 0.444 e. The fraction of sp³-hybridized carbons (Fsp3) is 0.278. The largest absolute Gasteiger partial charge is 0.449 e. The van der Waals surface area contributed by atoms with E-state index in [4.69, 9.17) is 13.8 Å². The van der Waals surface area contributed by atoms with Gasteiger partial charge in [0.15, 0.2) is 0 Å². The second kappa shape index (κ2) is 7.30. The number of ether oxygens (including phenoxy) is 1. The molecule has 1 fully saturated rings. The summed E-state index contributed by atoms with van der Waals surface area (Å²) in [4.78, 5) is 12.9. The summed E-state index contributed by atoms with van der Waals surface area (Å²) in [5.74, 6) is 0.634. The number of esters is 1. The number of carbonyl (C=O) groups is 1. The van der Waals surface area contributed by atoms with Crippen LogP contribution in [0.2, 0.25) is 0 Å². The van der Waals surface area contributed by atoms with Gasteiger partial charge in [0.2, 0.25) is 0 Å². The SMILES string of the molecule is Cc1ccccc1OP(=O)(CN1COC(=O)C1)Oc1ccccc1C. The van der Waals surface area contributed by atoms with Gasteiger partial charge in [-0.15, -0.1) is 0 Å². The van der Waals surface area contributed by atoms with Gasteiger partial charge in [-0.2, -0.15) is 0 Å². The number of hydrogen-bond donors (Lipinski definition) is 0. The summed E-state index contributed by atoms with van der Waals surface area (Å²) in [5, 5.41) is 0. The lowest BCUT2D eigenvalue weighted by Crippen LogP contribution is -2.25. The molecule has 1 saturated heterocycles. The molecular formula is C18H20NO5P. The van der Waals surface area contributed by atoms with Gasteiger partial charge in [-0.1, -0.05) is 36.4 Å². The molecule has 0 bridgehead atoms. The molecule has 3 rings (SSSR count). The van der Waals surface area contributed by atoms with Crippen molar-refractivity contribution in [1.29, 1.82) is 0 Å². The molecule has 1 aliphatic heterocycles. The van der Waals surface area contributed by atoms with Gasteiger partial charge in [-0.3, -0.25) is 4.79 Å². The fourth-order valence-corrected chi connectivity index (χ4v) is 4.30. The molecule has 0 amide bonds. The monoisotopic (exact) mass is 361 g/mol. The van der Waals surface area contributed by atoms with E-state index in [0.717, 1.165) is 11.1 Å². The molecular weight excluding hydrogens is 341 g/mol. The van der Waals surface area contributed by atoms with Gasteiger partial charge in [0.05, 0.1) is 0 Å². The standard InChI is InChI=1S/C18H20NO5P/c1-14-7-3-5-9-16(14)23-25(21,13-19-11-18(20)22-12-19)24-17-10-6-4-8-15(17)2/h3-10H,11-13H2,1-2H3. The molecule has 6 nitrogen and oxygen atoms in total. The number of carbonyl (C=O) groups excluding carboxylic acids is 1. The predicted octanol–water partition coefficient (Wildman–Crippen LogP) is 3.73. The smallest absolute Gasteiger partial charge is 0.444 e. The number of rotatable bonds is 6. The maximum absolute atomic E-state index is 13.5. The van der Waals surface area contributed by atoms with Crippen LogP contribution < -0.4 is 9.05 Å². The minimum Gasteiger partial charge on any atom is -0.449 e. The first-order chi connectivity index (χ1) is 12.0. The van der Waals surface area contributed by atoms with E-state index in [9.17, 15) is 9.36 Å². The number of cyclic esters (lactones) is 1. The molecule has 0 unspecified atom stereocenters. The van der Waals surface area contributed by atoms with Crippen LogP contribution in [0.1, 0.15) is 11.1 Å². The van der Waals surface area contributed by atoms with E-state index in [-0.39, 0.29) is 25.5 Å². The zero-order valence-electron chi connectivity index (χ0n) is 14.2. The highest BCUT2D eigenvalue weighted by molar-refractivity contribution is 7.54. The Kier molecular flexibility index (Phi) is 5.11. The second-order valence-electron chi connectivity index (χ2n) is 5.94. The molecule has 1 heterocycles. The van der Waals surface area contributed by atoms with Crippen molar-refractivity contribution >= 4 is 13.6 Å². The first-order valence-corrected chi connectivity index (χ1v) is 9.65. The average Bonchev–Trinajstić information content (AvgIpc) is 2.96. The van der Waals surface area contributed by atoms with Gasteiger partial charge in [-0.05, 0) is 37.1 Å². The molecule has 7 heteroatoms. The normalized spacial score (nSPS) is 15.0. The van der Waals surface area contributed by atoms with Crippen molar-refractivity contribution in [3.8, 4) is 11.5 Å². The number of benzene rings is 2. The number of aryl methyl sites for hydroxylation is 2. The summed E-state index contributed by atoms with van der Waals surface area (Å²) in [6, 6.07) is 14.6. The molecule has 0 saturated carbocycles. The Morgan fingerprint density at radius 2 is 1.52 bits per heavy atom. The van der Waals surface area contributed by atoms with E-state index in [1.807, 2.05) is 50.2 Å². The first-order valence-electron chi connectivity index (χ1n) is 7.93. The quantitative estimate of drug-likeness (QED) is 0.577. The zero-order chi connectivity index (χ0) is 17.9. The minimum atomic E-state index is -3.60. The van der Waals surface area contributed by atoms with Crippen LogP contribution in [0.4, 0.5) is 0 Å². The highest BCUT2D eigenvalue weighted by Gasteiger charge is 2.35. The maximum atomic E-state index is 13.5. The lowest BCUT2D eigenvalue weighted by molar-refractivity contribution is -0.136. The summed E-state index contributed by atoms with van der Waals surface area (Å²) in [6.45, 7) is 3.89. The Labute approximate surface area is 146 Å². The summed E-state index contributed by atoms with van der Waals surface area (Å²) in [5.41, 5.74) is 1.70. The molecule has 132 valence electrons. The Hall–Kier alpha value is -2.30. The van der Waals surface area contributed by atoms with Crippen LogP contribution in [-0.2, 0) is 14.1 Å². The van der Waals surface area contributed by atoms with Crippen molar-refractivity contribution in [2.24, 2.45) is 0 Å². The number of hydrogen-bond acceptors (Lipinski definition) is 6. The molecule has 0 N–H and O–H groups in total. The Morgan fingerprint density at radius 1 is 1.00 bits per heavy atom. The van der Waals surface area contributed by atoms with E-state index in [2.05, 4.69) is 0 Å². The fourth-order valence-electron chi connectivity index (χ4n) is 2.47. The topological polar surface area (TPSA) is 65.1 Å². The van der Waals surface area contributed by atoms with Crippen LogP contribution >= 0.6 is 7.60 Å². The zero-order valence-corrected chi connectivity index (χ0v) is 15.1. The van der Waals surface area contributed by atoms with Gasteiger partial charge < -0.3 is 13.8 Å². The van der Waals surface area contributed by atoms with Crippen LogP contribution in [0.3, 0.4) is 0 Å². The van der Waals surface area contributed by atoms with Crippen molar-refractivity contribution in [3.05, 3.63) is 59.7 Å². The molecule has 0 aliphatic carbocycles. The minimum absolute atomic E-state index is 0.0403. The van der Waals surface area contributed by atoms with E-state index >= 15 is 0 Å². The predicted molar refractivity (Wildman–Crippen MR) is 93.8 cm³/mol. The van der Waals surface area contributed by atoms with Gasteiger partial charge in [0.25, 0.3) is 0 Å². The molecule has 1 aliphatic rings. The highest BCUT2D eigenvalue weighted by Crippen LogP contribution is 2.50. The summed E-state index contributed by atoms with van der Waals surface area (Å²) in [6.07, 6.45) is -0.0403. The number of nitrogens with zero attached hydrogens (tertiary/aromatic N) is 1. The molecule has 2 aromatic rings. The Bertz CT molecular complexity index is 771. The van der Waals surface area contributed by atoms with Crippen LogP contribution in [0.5, 0.6) is 11.5 Å². The van der Waals surface area contributed by atoms with E-state index < -0.39 is 7.60 Å². The molecule has 2 aromatic carbocycles. The van der Waals surface area contributed by atoms with Crippen molar-refractivity contribution in [3.63, 3.8) is 0 Å². The van der Waals surface area contributed by atoms with Gasteiger partial charge in [-0.25, -0.2) is 9.46 Å². The number of para-hydroxylation sites is 2. The third-order valence-electron chi connectivity index (χ3n) is 3.80. The highest BCUT2D eigenvalue weighted by atomic mass is 31.2. The Morgan fingerprint density at radius 3 is 1.96 bits per heavy atom. The summed E-state index contributed by atoms with van der Waals surface area (Å²) < 4.78 is 30.0. The van der Waals surface area contributed by atoms with Gasteiger partial charge >= 0.3 is 13.6 Å². The molecule has 0 spiro atoms. The first kappa shape index (κ1) is 17.5. The average molecular weight is 361 g/mol. The molecule has 0 atom stereocenters. The van der Waals surface area contributed by atoms with Crippen LogP contribution in [0.15, 0.2) is 48.5 Å². The van der Waals surface area contributed by atoms with Gasteiger partial charge in [0, 0.05) is 0 Å². The molecule has 0 aromatic heterocycles. The third kappa shape index (κ3) is 4.41. The van der Waals surface area contributed by atoms with Crippen LogP contribution in [-0.4, -0.2) is 30.4 Å². The molecule has 0 radical (unpaired) electrons. The summed E-state index contributed by atoms with van der Waals surface area (Å²) in [7, 11) is -3.60. The lowest BCUT2D eigenvalue weighted by Gasteiger charge is -2.24. The van der Waals surface area contributed by atoms with E-state index in [1.165, 1.54) is 0 Å². The van der Waals surface area contributed by atoms with Crippen molar-refractivity contribution in [2.45, 2.75) is 13.8 Å². The van der Waals surface area contributed by atoms with Crippen LogP contribution in [0.25, 0.3) is 0 Å². The third-order valence-corrected chi connectivity index (χ3v) is 5.49.